The molecule has 3 aromatic carbocycles. The molecule has 5 rings (SSSR count). The van der Waals surface area contributed by atoms with Gasteiger partial charge < -0.3 is 0 Å². The van der Waals surface area contributed by atoms with E-state index in [1.54, 1.807) is 24.3 Å². The van der Waals surface area contributed by atoms with Crippen molar-refractivity contribution in [2.24, 2.45) is 4.99 Å². The zero-order valence-electron chi connectivity index (χ0n) is 14.8. The molecular weight excluding hydrogens is 357 g/mol. The van der Waals surface area contributed by atoms with Crippen LogP contribution in [-0.4, -0.2) is 21.6 Å². The van der Waals surface area contributed by atoms with Crippen molar-refractivity contribution in [1.82, 2.24) is 4.90 Å². The molecule has 0 bridgehead atoms. The summed E-state index contributed by atoms with van der Waals surface area (Å²) in [5.74, 6) is -0.279. The average Bonchev–Trinajstić information content (AvgIpc) is 3.33. The molecule has 138 valence electrons. The second-order valence-electron chi connectivity index (χ2n) is 6.96. The van der Waals surface area contributed by atoms with Gasteiger partial charge in [-0.05, 0) is 17.2 Å². The van der Waals surface area contributed by atoms with Gasteiger partial charge in [0.1, 0.15) is 12.0 Å². The zero-order valence-corrected chi connectivity index (χ0v) is 14.8. The van der Waals surface area contributed by atoms with Gasteiger partial charge in [-0.3, -0.25) is 20.0 Å². The van der Waals surface area contributed by atoms with Crippen LogP contribution in [0.1, 0.15) is 28.9 Å². The normalized spacial score (nSPS) is 25.1. The van der Waals surface area contributed by atoms with Gasteiger partial charge in [-0.15, -0.1) is 0 Å². The summed E-state index contributed by atoms with van der Waals surface area (Å²) in [6.07, 6.45) is -0.401. The number of nitro groups is 1. The molecule has 2 aliphatic rings. The molecule has 0 saturated carbocycles. The van der Waals surface area contributed by atoms with Crippen LogP contribution < -0.4 is 0 Å². The van der Waals surface area contributed by atoms with Crippen molar-refractivity contribution in [2.75, 3.05) is 0 Å². The molecular formula is C22H16FN3O2. The molecule has 3 aromatic rings. The fourth-order valence-corrected chi connectivity index (χ4v) is 4.03. The van der Waals surface area contributed by atoms with Gasteiger partial charge in [0.15, 0.2) is 0 Å². The summed E-state index contributed by atoms with van der Waals surface area (Å²) in [6.45, 7) is 0. The molecule has 1 saturated heterocycles. The molecule has 1 fully saturated rings. The van der Waals surface area contributed by atoms with Gasteiger partial charge in [0.05, 0.1) is 22.7 Å². The first kappa shape index (κ1) is 16.8. The van der Waals surface area contributed by atoms with Crippen molar-refractivity contribution >= 4 is 11.4 Å². The monoisotopic (exact) mass is 373 g/mol. The molecule has 0 aliphatic carbocycles. The molecule has 5 nitrogen and oxygen atoms in total. The van der Waals surface area contributed by atoms with Gasteiger partial charge >= 0.3 is 0 Å². The highest BCUT2D eigenvalue weighted by Gasteiger charge is 2.59. The van der Waals surface area contributed by atoms with E-state index < -0.39 is 11.1 Å². The van der Waals surface area contributed by atoms with E-state index in [1.807, 2.05) is 36.4 Å². The molecule has 0 aromatic heterocycles. The number of hydrogen-bond acceptors (Lipinski definition) is 4. The van der Waals surface area contributed by atoms with E-state index in [0.29, 0.717) is 5.56 Å². The maximum atomic E-state index is 14.5. The first-order valence-electron chi connectivity index (χ1n) is 9.04. The predicted octanol–water partition coefficient (Wildman–Crippen LogP) is 4.66. The third-order valence-electron chi connectivity index (χ3n) is 5.37. The molecule has 0 N–H and O–H groups in total. The topological polar surface area (TPSA) is 58.5 Å². The Morgan fingerprint density at radius 3 is 2.25 bits per heavy atom. The summed E-state index contributed by atoms with van der Waals surface area (Å²) < 4.78 is 14.5. The minimum absolute atomic E-state index is 0.0260. The van der Waals surface area contributed by atoms with Crippen molar-refractivity contribution in [3.8, 4) is 0 Å². The highest BCUT2D eigenvalue weighted by Crippen LogP contribution is 2.56. The van der Waals surface area contributed by atoms with Gasteiger partial charge in [0, 0.05) is 17.7 Å². The molecule has 0 amide bonds. The largest absolute Gasteiger partial charge is 0.269 e. The Balaban J connectivity index is 1.55. The van der Waals surface area contributed by atoms with Crippen LogP contribution in [-0.2, 0) is 0 Å². The lowest BCUT2D eigenvalue weighted by molar-refractivity contribution is -0.384. The lowest BCUT2D eigenvalue weighted by Gasteiger charge is -2.15. The molecule has 2 heterocycles. The number of fused-ring (bicyclic) bond motifs is 1. The summed E-state index contributed by atoms with van der Waals surface area (Å²) in [5.41, 5.74) is 3.52. The predicted molar refractivity (Wildman–Crippen MR) is 104 cm³/mol. The molecule has 0 spiro atoms. The van der Waals surface area contributed by atoms with E-state index in [9.17, 15) is 14.5 Å². The Morgan fingerprint density at radius 2 is 1.57 bits per heavy atom. The molecule has 4 unspecified atom stereocenters. The van der Waals surface area contributed by atoms with E-state index in [4.69, 9.17) is 4.99 Å². The van der Waals surface area contributed by atoms with E-state index in [2.05, 4.69) is 4.90 Å². The maximum Gasteiger partial charge on any atom is 0.269 e. The minimum atomic E-state index is -0.406. The van der Waals surface area contributed by atoms with Crippen molar-refractivity contribution in [2.45, 2.75) is 18.2 Å². The van der Waals surface area contributed by atoms with Crippen molar-refractivity contribution in [3.63, 3.8) is 0 Å². The lowest BCUT2D eigenvalue weighted by Crippen LogP contribution is -2.09. The third-order valence-corrected chi connectivity index (χ3v) is 5.37. The zero-order chi connectivity index (χ0) is 19.3. The highest BCUT2D eigenvalue weighted by molar-refractivity contribution is 6.08. The van der Waals surface area contributed by atoms with Crippen LogP contribution in [0.15, 0.2) is 83.9 Å². The van der Waals surface area contributed by atoms with E-state index >= 15 is 0 Å². The summed E-state index contributed by atoms with van der Waals surface area (Å²) in [7, 11) is 0. The molecule has 0 radical (unpaired) electrons. The smallest absolute Gasteiger partial charge is 0.263 e. The maximum absolute atomic E-state index is 14.5. The number of hydrogen-bond donors (Lipinski definition) is 0. The molecule has 28 heavy (non-hydrogen) atoms. The number of nitrogens with zero attached hydrogens (tertiary/aromatic N) is 3. The van der Waals surface area contributed by atoms with Crippen molar-refractivity contribution < 1.29 is 9.31 Å². The van der Waals surface area contributed by atoms with Crippen molar-refractivity contribution in [3.05, 3.63) is 111 Å². The number of benzene rings is 3. The van der Waals surface area contributed by atoms with Gasteiger partial charge in [0.25, 0.3) is 5.69 Å². The quantitative estimate of drug-likeness (QED) is 0.380. The van der Waals surface area contributed by atoms with Gasteiger partial charge in [-0.1, -0.05) is 60.7 Å². The van der Waals surface area contributed by atoms with Gasteiger partial charge in [-0.25, -0.2) is 4.39 Å². The Hall–Kier alpha value is -3.38. The molecule has 4 atom stereocenters. The second-order valence-corrected chi connectivity index (χ2v) is 6.96. The Morgan fingerprint density at radius 1 is 0.893 bits per heavy atom. The fraction of sp³-hybridized carbons (Fsp3) is 0.136. The van der Waals surface area contributed by atoms with Crippen LogP contribution >= 0.6 is 0 Å². The second kappa shape index (κ2) is 6.35. The number of rotatable bonds is 4. The molecule has 2 aliphatic heterocycles. The number of nitro benzene ring substituents is 1. The Bertz CT molecular complexity index is 1080. The van der Waals surface area contributed by atoms with E-state index in [-0.39, 0.29) is 23.6 Å². The SMILES string of the molecule is O=[N+]([O-])c1ccc(C2C3C(c4ccccc4)=NC(c4ccccc4F)N32)cc1. The van der Waals surface area contributed by atoms with Crippen LogP contribution in [0.5, 0.6) is 0 Å². The van der Waals surface area contributed by atoms with Crippen LogP contribution in [0.2, 0.25) is 0 Å². The number of halogens is 1. The van der Waals surface area contributed by atoms with Crippen molar-refractivity contribution in [1.29, 1.82) is 0 Å². The Labute approximate surface area is 160 Å². The number of non-ortho nitro benzene ring substituents is 1. The summed E-state index contributed by atoms with van der Waals surface area (Å²) in [6, 6.07) is 23.2. The van der Waals surface area contributed by atoms with Gasteiger partial charge in [0.2, 0.25) is 0 Å². The van der Waals surface area contributed by atoms with Crippen LogP contribution in [0, 0.1) is 15.9 Å². The molecule has 6 heteroatoms. The Kier molecular flexibility index (Phi) is 3.80. The fourth-order valence-electron chi connectivity index (χ4n) is 4.03. The minimum Gasteiger partial charge on any atom is -0.263 e. The third kappa shape index (κ3) is 2.61. The van der Waals surface area contributed by atoms with Crippen LogP contribution in [0.25, 0.3) is 0 Å². The van der Waals surface area contributed by atoms with Crippen LogP contribution in [0.4, 0.5) is 10.1 Å². The summed E-state index contributed by atoms with van der Waals surface area (Å²) >= 11 is 0. The first-order valence-corrected chi connectivity index (χ1v) is 9.04. The summed E-state index contributed by atoms with van der Waals surface area (Å²) in [5, 5.41) is 10.9. The highest BCUT2D eigenvalue weighted by atomic mass is 19.1. The first-order chi connectivity index (χ1) is 13.6. The van der Waals surface area contributed by atoms with Gasteiger partial charge in [-0.2, -0.15) is 0 Å². The lowest BCUT2D eigenvalue weighted by atomic mass is 10.0. The number of aliphatic imine (C=N–C) groups is 1. The standard InChI is InChI=1S/C22H16FN3O2/c23-18-9-5-4-8-17(18)22-24-19(14-6-2-1-3-7-14)21-20(25(21)22)15-10-12-16(13-11-15)26(27)28/h1-13,20-22H. The van der Waals surface area contributed by atoms with Crippen LogP contribution in [0.3, 0.4) is 0 Å². The van der Waals surface area contributed by atoms with E-state index in [0.717, 1.165) is 16.8 Å². The summed E-state index contributed by atoms with van der Waals surface area (Å²) in [4.78, 5) is 17.5. The van der Waals surface area contributed by atoms with E-state index in [1.165, 1.54) is 18.2 Å². The average molecular weight is 373 g/mol.